The second-order valence-electron chi connectivity index (χ2n) is 5.66. The van der Waals surface area contributed by atoms with Crippen LogP contribution in [0.1, 0.15) is 27.2 Å². The molecule has 1 heterocycles. The van der Waals surface area contributed by atoms with E-state index in [0.29, 0.717) is 0 Å². The van der Waals surface area contributed by atoms with Gasteiger partial charge in [-0.1, -0.05) is 20.8 Å². The maximum atomic E-state index is 5.20. The lowest BCUT2D eigenvalue weighted by Gasteiger charge is -2.36. The van der Waals surface area contributed by atoms with Crippen molar-refractivity contribution < 1.29 is 4.74 Å². The molecule has 0 unspecified atom stereocenters. The molecule has 1 aliphatic rings. The van der Waals surface area contributed by atoms with Crippen molar-refractivity contribution in [3.63, 3.8) is 0 Å². The zero-order valence-corrected chi connectivity index (χ0v) is 11.7. The highest BCUT2D eigenvalue weighted by Gasteiger charge is 2.27. The molecule has 0 saturated carbocycles. The van der Waals surface area contributed by atoms with E-state index in [1.807, 2.05) is 12.1 Å². The number of benzene rings is 1. The summed E-state index contributed by atoms with van der Waals surface area (Å²) < 4.78 is 5.20. The van der Waals surface area contributed by atoms with Crippen LogP contribution in [0.5, 0.6) is 5.75 Å². The minimum Gasteiger partial charge on any atom is -0.497 e. The van der Waals surface area contributed by atoms with Crippen LogP contribution in [0.4, 0.5) is 5.69 Å². The zero-order chi connectivity index (χ0) is 13.2. The van der Waals surface area contributed by atoms with Crippen molar-refractivity contribution in [2.75, 3.05) is 25.1 Å². The summed E-state index contributed by atoms with van der Waals surface area (Å²) in [5.74, 6) is 2.07. The number of aliphatic imine (C=N–C) groups is 1. The van der Waals surface area contributed by atoms with Crippen molar-refractivity contribution >= 4 is 11.5 Å². The molecule has 0 spiro atoms. The van der Waals surface area contributed by atoms with Crippen LogP contribution < -0.4 is 9.64 Å². The van der Waals surface area contributed by atoms with Crippen molar-refractivity contribution in [3.8, 4) is 5.75 Å². The van der Waals surface area contributed by atoms with Crippen LogP contribution in [-0.2, 0) is 0 Å². The Morgan fingerprint density at radius 3 is 2.39 bits per heavy atom. The Morgan fingerprint density at radius 2 is 1.83 bits per heavy atom. The first-order chi connectivity index (χ1) is 8.52. The van der Waals surface area contributed by atoms with Gasteiger partial charge in [-0.25, -0.2) is 0 Å². The van der Waals surface area contributed by atoms with E-state index >= 15 is 0 Å². The Bertz CT molecular complexity index is 429. The van der Waals surface area contributed by atoms with Gasteiger partial charge in [0, 0.05) is 24.2 Å². The molecule has 1 aromatic carbocycles. The summed E-state index contributed by atoms with van der Waals surface area (Å²) in [4.78, 5) is 7.03. The van der Waals surface area contributed by atoms with Gasteiger partial charge in [-0.2, -0.15) is 0 Å². The molecule has 0 aromatic heterocycles. The van der Waals surface area contributed by atoms with Gasteiger partial charge in [0.05, 0.1) is 7.11 Å². The molecule has 0 bridgehead atoms. The van der Waals surface area contributed by atoms with Gasteiger partial charge in [-0.05, 0) is 30.7 Å². The Hall–Kier alpha value is -1.51. The predicted molar refractivity (Wildman–Crippen MR) is 76.7 cm³/mol. The SMILES string of the molecule is COc1ccc(N2CCCN=C2C(C)(C)C)cc1. The highest BCUT2D eigenvalue weighted by molar-refractivity contribution is 6.01. The van der Waals surface area contributed by atoms with E-state index in [9.17, 15) is 0 Å². The molecule has 3 nitrogen and oxygen atoms in total. The van der Waals surface area contributed by atoms with E-state index < -0.39 is 0 Å². The fraction of sp³-hybridized carbons (Fsp3) is 0.533. The molecule has 0 amide bonds. The van der Waals surface area contributed by atoms with E-state index in [4.69, 9.17) is 9.73 Å². The number of rotatable bonds is 2. The molecule has 0 N–H and O–H groups in total. The second kappa shape index (κ2) is 5.01. The largest absolute Gasteiger partial charge is 0.497 e. The Balaban J connectivity index is 2.30. The summed E-state index contributed by atoms with van der Waals surface area (Å²) in [6.07, 6.45) is 1.12. The molecule has 0 atom stereocenters. The zero-order valence-electron chi connectivity index (χ0n) is 11.7. The fourth-order valence-electron chi connectivity index (χ4n) is 2.26. The number of anilines is 1. The smallest absolute Gasteiger partial charge is 0.119 e. The van der Waals surface area contributed by atoms with Crippen molar-refractivity contribution in [1.29, 1.82) is 0 Å². The number of amidine groups is 1. The minimum atomic E-state index is 0.0837. The van der Waals surface area contributed by atoms with Crippen LogP contribution in [-0.4, -0.2) is 26.0 Å². The summed E-state index contributed by atoms with van der Waals surface area (Å²) in [5, 5.41) is 0. The molecule has 98 valence electrons. The van der Waals surface area contributed by atoms with Crippen LogP contribution in [0.2, 0.25) is 0 Å². The summed E-state index contributed by atoms with van der Waals surface area (Å²) in [6, 6.07) is 8.21. The Morgan fingerprint density at radius 1 is 1.17 bits per heavy atom. The molecule has 1 aliphatic heterocycles. The number of methoxy groups -OCH3 is 1. The number of ether oxygens (including phenoxy) is 1. The quantitative estimate of drug-likeness (QED) is 0.799. The van der Waals surface area contributed by atoms with Gasteiger partial charge in [0.1, 0.15) is 11.6 Å². The summed E-state index contributed by atoms with van der Waals surface area (Å²) in [6.45, 7) is 8.64. The van der Waals surface area contributed by atoms with E-state index in [1.165, 1.54) is 11.5 Å². The summed E-state index contributed by atoms with van der Waals surface area (Å²) in [5.41, 5.74) is 1.28. The molecule has 18 heavy (non-hydrogen) atoms. The normalized spacial score (nSPS) is 16.4. The minimum absolute atomic E-state index is 0.0837. The van der Waals surface area contributed by atoms with Crippen LogP contribution in [0.25, 0.3) is 0 Å². The average molecular weight is 246 g/mol. The van der Waals surface area contributed by atoms with E-state index in [0.717, 1.165) is 25.3 Å². The summed E-state index contributed by atoms with van der Waals surface area (Å²) >= 11 is 0. The van der Waals surface area contributed by atoms with Crippen molar-refractivity contribution in [2.45, 2.75) is 27.2 Å². The standard InChI is InChI=1S/C15H22N2O/c1-15(2,3)14-16-10-5-11-17(14)12-6-8-13(18-4)9-7-12/h6-9H,5,10-11H2,1-4H3. The van der Waals surface area contributed by atoms with Crippen LogP contribution in [0.15, 0.2) is 29.3 Å². The number of hydrogen-bond donors (Lipinski definition) is 0. The molecule has 0 fully saturated rings. The molecule has 1 aromatic rings. The Labute approximate surface area is 109 Å². The first-order valence-electron chi connectivity index (χ1n) is 6.49. The van der Waals surface area contributed by atoms with Crippen molar-refractivity contribution in [1.82, 2.24) is 0 Å². The molecule has 3 heteroatoms. The third-order valence-corrected chi connectivity index (χ3v) is 3.11. The maximum absolute atomic E-state index is 5.20. The first-order valence-corrected chi connectivity index (χ1v) is 6.49. The van der Waals surface area contributed by atoms with Gasteiger partial charge in [0.2, 0.25) is 0 Å². The van der Waals surface area contributed by atoms with E-state index in [1.54, 1.807) is 7.11 Å². The van der Waals surface area contributed by atoms with Gasteiger partial charge in [0.15, 0.2) is 0 Å². The number of hydrogen-bond acceptors (Lipinski definition) is 3. The van der Waals surface area contributed by atoms with E-state index in [2.05, 4.69) is 37.8 Å². The lowest BCUT2D eigenvalue weighted by Crippen LogP contribution is -2.43. The predicted octanol–water partition coefficient (Wildman–Crippen LogP) is 3.35. The van der Waals surface area contributed by atoms with Crippen molar-refractivity contribution in [2.24, 2.45) is 10.4 Å². The lowest BCUT2D eigenvalue weighted by molar-refractivity contribution is 0.415. The van der Waals surface area contributed by atoms with Crippen LogP contribution >= 0.6 is 0 Å². The third-order valence-electron chi connectivity index (χ3n) is 3.11. The van der Waals surface area contributed by atoms with Gasteiger partial charge < -0.3 is 9.64 Å². The second-order valence-corrected chi connectivity index (χ2v) is 5.66. The topological polar surface area (TPSA) is 24.8 Å². The maximum Gasteiger partial charge on any atom is 0.119 e. The van der Waals surface area contributed by atoms with Gasteiger partial charge in [-0.3, -0.25) is 4.99 Å². The molecule has 2 rings (SSSR count). The number of nitrogens with zero attached hydrogens (tertiary/aromatic N) is 2. The van der Waals surface area contributed by atoms with Crippen LogP contribution in [0.3, 0.4) is 0 Å². The molecule has 0 aliphatic carbocycles. The van der Waals surface area contributed by atoms with Gasteiger partial charge in [-0.15, -0.1) is 0 Å². The summed E-state index contributed by atoms with van der Waals surface area (Å²) in [7, 11) is 1.69. The van der Waals surface area contributed by atoms with Gasteiger partial charge >= 0.3 is 0 Å². The highest BCUT2D eigenvalue weighted by atomic mass is 16.5. The molecular formula is C15H22N2O. The van der Waals surface area contributed by atoms with Crippen LogP contribution in [0, 0.1) is 5.41 Å². The highest BCUT2D eigenvalue weighted by Crippen LogP contribution is 2.28. The molecular weight excluding hydrogens is 224 g/mol. The van der Waals surface area contributed by atoms with Crippen molar-refractivity contribution in [3.05, 3.63) is 24.3 Å². The monoisotopic (exact) mass is 246 g/mol. The fourth-order valence-corrected chi connectivity index (χ4v) is 2.26. The average Bonchev–Trinajstić information content (AvgIpc) is 2.38. The molecule has 0 saturated heterocycles. The van der Waals surface area contributed by atoms with Gasteiger partial charge in [0.25, 0.3) is 0 Å². The first kappa shape index (κ1) is 12.9. The lowest BCUT2D eigenvalue weighted by atomic mass is 9.92. The third kappa shape index (κ3) is 2.66. The molecule has 0 radical (unpaired) electrons. The van der Waals surface area contributed by atoms with E-state index in [-0.39, 0.29) is 5.41 Å². The Kier molecular flexibility index (Phi) is 3.60.